The van der Waals surface area contributed by atoms with Crippen LogP contribution in [-0.4, -0.2) is 6.54 Å². The molecule has 2 aliphatic rings. The van der Waals surface area contributed by atoms with Gasteiger partial charge in [0.25, 0.3) is 0 Å². The van der Waals surface area contributed by atoms with Gasteiger partial charge in [-0.2, -0.15) is 0 Å². The lowest BCUT2D eigenvalue weighted by molar-refractivity contribution is 0.364. The van der Waals surface area contributed by atoms with Gasteiger partial charge in [-0.1, -0.05) is 0 Å². The molecular formula is C14H22N2O. The Morgan fingerprint density at radius 3 is 2.35 bits per heavy atom. The molecule has 3 N–H and O–H groups in total. The Morgan fingerprint density at radius 2 is 1.82 bits per heavy atom. The molecule has 1 heterocycles. The normalized spacial score (nSPS) is 20.1. The quantitative estimate of drug-likeness (QED) is 0.761. The summed E-state index contributed by atoms with van der Waals surface area (Å²) in [6, 6.07) is 3.99. The van der Waals surface area contributed by atoms with Crippen LogP contribution in [0.5, 0.6) is 0 Å². The van der Waals surface area contributed by atoms with Gasteiger partial charge in [0.2, 0.25) is 0 Å². The van der Waals surface area contributed by atoms with Crippen LogP contribution in [-0.2, 0) is 13.1 Å². The standard InChI is InChI=1S/C14H22N2O/c15-7-12-5-6-13(17-12)8-16-9-14(10-1-2-10)11-3-4-11/h5-6,10-11,14,16H,1-4,7-9,15H2. The van der Waals surface area contributed by atoms with E-state index in [0.29, 0.717) is 6.54 Å². The van der Waals surface area contributed by atoms with E-state index in [1.165, 1.54) is 25.7 Å². The highest BCUT2D eigenvalue weighted by molar-refractivity contribution is 5.06. The second kappa shape index (κ2) is 4.83. The minimum absolute atomic E-state index is 0.493. The molecule has 0 radical (unpaired) electrons. The van der Waals surface area contributed by atoms with Gasteiger partial charge in [0.05, 0.1) is 13.1 Å². The van der Waals surface area contributed by atoms with E-state index >= 15 is 0 Å². The molecule has 2 saturated carbocycles. The van der Waals surface area contributed by atoms with Crippen LogP contribution in [0, 0.1) is 17.8 Å². The zero-order chi connectivity index (χ0) is 11.7. The first-order valence-electron chi connectivity index (χ1n) is 6.85. The summed E-state index contributed by atoms with van der Waals surface area (Å²) in [6.07, 6.45) is 5.84. The molecule has 0 bridgehead atoms. The van der Waals surface area contributed by atoms with Crippen molar-refractivity contribution in [2.75, 3.05) is 6.54 Å². The summed E-state index contributed by atoms with van der Waals surface area (Å²) in [7, 11) is 0. The van der Waals surface area contributed by atoms with Crippen LogP contribution in [0.2, 0.25) is 0 Å². The van der Waals surface area contributed by atoms with Gasteiger partial charge in [-0.3, -0.25) is 0 Å². The summed E-state index contributed by atoms with van der Waals surface area (Å²) in [6.45, 7) is 2.50. The van der Waals surface area contributed by atoms with Crippen molar-refractivity contribution in [3.8, 4) is 0 Å². The maximum Gasteiger partial charge on any atom is 0.118 e. The van der Waals surface area contributed by atoms with Gasteiger partial charge in [-0.15, -0.1) is 0 Å². The molecule has 17 heavy (non-hydrogen) atoms. The molecule has 3 heteroatoms. The second-order valence-corrected chi connectivity index (χ2v) is 5.54. The van der Waals surface area contributed by atoms with E-state index in [2.05, 4.69) is 5.32 Å². The van der Waals surface area contributed by atoms with E-state index in [9.17, 15) is 0 Å². The highest BCUT2D eigenvalue weighted by Gasteiger charge is 2.40. The molecule has 0 aliphatic heterocycles. The van der Waals surface area contributed by atoms with Gasteiger partial charge < -0.3 is 15.5 Å². The number of hydrogen-bond donors (Lipinski definition) is 2. The Hall–Kier alpha value is -0.800. The van der Waals surface area contributed by atoms with Crippen LogP contribution in [0.3, 0.4) is 0 Å². The highest BCUT2D eigenvalue weighted by Crippen LogP contribution is 2.48. The molecule has 3 nitrogen and oxygen atoms in total. The van der Waals surface area contributed by atoms with E-state index in [1.807, 2.05) is 12.1 Å². The fraction of sp³-hybridized carbons (Fsp3) is 0.714. The van der Waals surface area contributed by atoms with E-state index in [1.54, 1.807) is 0 Å². The Morgan fingerprint density at radius 1 is 1.18 bits per heavy atom. The van der Waals surface area contributed by atoms with Crippen molar-refractivity contribution < 1.29 is 4.42 Å². The van der Waals surface area contributed by atoms with Crippen molar-refractivity contribution in [3.63, 3.8) is 0 Å². The predicted octanol–water partition coefficient (Wildman–Crippen LogP) is 2.26. The summed E-state index contributed by atoms with van der Waals surface area (Å²) in [4.78, 5) is 0. The van der Waals surface area contributed by atoms with Crippen LogP contribution in [0.4, 0.5) is 0 Å². The van der Waals surface area contributed by atoms with Crippen LogP contribution in [0.1, 0.15) is 37.2 Å². The fourth-order valence-electron chi connectivity index (χ4n) is 2.76. The number of hydrogen-bond acceptors (Lipinski definition) is 3. The number of nitrogens with one attached hydrogen (secondary N) is 1. The molecule has 0 saturated heterocycles. The summed E-state index contributed by atoms with van der Waals surface area (Å²) < 4.78 is 5.58. The van der Waals surface area contributed by atoms with Crippen molar-refractivity contribution in [1.82, 2.24) is 5.32 Å². The molecule has 2 fully saturated rings. The predicted molar refractivity (Wildman–Crippen MR) is 67.2 cm³/mol. The van der Waals surface area contributed by atoms with Crippen LogP contribution >= 0.6 is 0 Å². The summed E-state index contributed by atoms with van der Waals surface area (Å²) in [5.41, 5.74) is 5.52. The first-order chi connectivity index (χ1) is 8.36. The minimum atomic E-state index is 0.493. The average molecular weight is 234 g/mol. The second-order valence-electron chi connectivity index (χ2n) is 5.54. The Kier molecular flexibility index (Phi) is 3.21. The third kappa shape index (κ3) is 2.90. The Labute approximate surface area is 103 Å². The van der Waals surface area contributed by atoms with Crippen LogP contribution in [0.15, 0.2) is 16.5 Å². The van der Waals surface area contributed by atoms with Gasteiger partial charge >= 0.3 is 0 Å². The van der Waals surface area contributed by atoms with E-state index in [0.717, 1.165) is 42.4 Å². The molecule has 94 valence electrons. The molecule has 0 unspecified atom stereocenters. The van der Waals surface area contributed by atoms with Gasteiger partial charge in [0, 0.05) is 0 Å². The number of nitrogens with two attached hydrogens (primary N) is 1. The largest absolute Gasteiger partial charge is 0.463 e. The third-order valence-corrected chi connectivity index (χ3v) is 4.05. The molecule has 0 aromatic carbocycles. The zero-order valence-corrected chi connectivity index (χ0v) is 10.3. The minimum Gasteiger partial charge on any atom is -0.463 e. The smallest absolute Gasteiger partial charge is 0.118 e. The van der Waals surface area contributed by atoms with Gasteiger partial charge in [-0.25, -0.2) is 0 Å². The molecule has 1 aromatic rings. The fourth-order valence-corrected chi connectivity index (χ4v) is 2.76. The molecule has 1 aromatic heterocycles. The molecule has 0 spiro atoms. The van der Waals surface area contributed by atoms with Crippen molar-refractivity contribution in [1.29, 1.82) is 0 Å². The molecule has 0 atom stereocenters. The SMILES string of the molecule is NCc1ccc(CNCC(C2CC2)C2CC2)o1. The van der Waals surface area contributed by atoms with E-state index < -0.39 is 0 Å². The first kappa shape index (κ1) is 11.3. The maximum atomic E-state index is 5.58. The van der Waals surface area contributed by atoms with Crippen molar-refractivity contribution in [3.05, 3.63) is 23.7 Å². The molecule has 2 aliphatic carbocycles. The van der Waals surface area contributed by atoms with E-state index in [4.69, 9.17) is 10.2 Å². The lowest BCUT2D eigenvalue weighted by atomic mass is 9.98. The highest BCUT2D eigenvalue weighted by atomic mass is 16.3. The third-order valence-electron chi connectivity index (χ3n) is 4.05. The summed E-state index contributed by atoms with van der Waals surface area (Å²) in [5, 5.41) is 3.55. The number of rotatable bonds is 7. The van der Waals surface area contributed by atoms with E-state index in [-0.39, 0.29) is 0 Å². The zero-order valence-electron chi connectivity index (χ0n) is 10.3. The van der Waals surface area contributed by atoms with Crippen LogP contribution in [0.25, 0.3) is 0 Å². The lowest BCUT2D eigenvalue weighted by Crippen LogP contribution is -2.25. The Balaban J connectivity index is 1.44. The molecular weight excluding hydrogens is 212 g/mol. The topological polar surface area (TPSA) is 51.2 Å². The number of furan rings is 1. The maximum absolute atomic E-state index is 5.58. The van der Waals surface area contributed by atoms with Crippen molar-refractivity contribution in [2.45, 2.75) is 38.8 Å². The van der Waals surface area contributed by atoms with Gasteiger partial charge in [-0.05, 0) is 62.1 Å². The summed E-state index contributed by atoms with van der Waals surface area (Å²) in [5.74, 6) is 4.86. The average Bonchev–Trinajstić information content (AvgIpc) is 3.25. The summed E-state index contributed by atoms with van der Waals surface area (Å²) >= 11 is 0. The van der Waals surface area contributed by atoms with Crippen LogP contribution < -0.4 is 11.1 Å². The Bertz CT molecular complexity index is 354. The van der Waals surface area contributed by atoms with Crippen molar-refractivity contribution in [2.24, 2.45) is 23.5 Å². The first-order valence-corrected chi connectivity index (χ1v) is 6.85. The molecule has 0 amide bonds. The van der Waals surface area contributed by atoms with Crippen molar-refractivity contribution >= 4 is 0 Å². The van der Waals surface area contributed by atoms with Gasteiger partial charge in [0.1, 0.15) is 11.5 Å². The monoisotopic (exact) mass is 234 g/mol. The lowest BCUT2D eigenvalue weighted by Gasteiger charge is -2.15. The molecule has 3 rings (SSSR count). The van der Waals surface area contributed by atoms with Gasteiger partial charge in [0.15, 0.2) is 0 Å².